The maximum Gasteiger partial charge on any atom is 0.303 e. The van der Waals surface area contributed by atoms with E-state index in [1.165, 1.54) is 393 Å². The first-order chi connectivity index (χ1) is 46.5. The molecular formula is C92H156N2. The van der Waals surface area contributed by atoms with E-state index in [0.29, 0.717) is 0 Å². The molecule has 2 aromatic carbocycles. The Morgan fingerprint density at radius 1 is 0.277 bits per heavy atom. The van der Waals surface area contributed by atoms with Crippen LogP contribution in [0.5, 0.6) is 0 Å². The minimum Gasteiger partial charge on any atom is -0.348 e. The van der Waals surface area contributed by atoms with Gasteiger partial charge in [-0.25, -0.2) is 0 Å². The fourth-order valence-corrected chi connectivity index (χ4v) is 14.2. The summed E-state index contributed by atoms with van der Waals surface area (Å²) < 4.78 is 0. The van der Waals surface area contributed by atoms with Crippen molar-refractivity contribution in [2.45, 2.75) is 465 Å². The topological polar surface area (TPSA) is 36.4 Å². The van der Waals surface area contributed by atoms with Gasteiger partial charge in [0.1, 0.15) is 0 Å². The molecular weight excluding hydrogens is 1130 g/mol. The molecule has 0 fully saturated rings. The molecule has 0 aliphatic heterocycles. The Balaban J connectivity index is 1.97. The molecule has 534 valence electrons. The minimum absolute atomic E-state index is 0.840. The van der Waals surface area contributed by atoms with Gasteiger partial charge in [0.25, 0.3) is 0 Å². The molecule has 0 aliphatic rings. The molecule has 0 atom stereocenters. The molecule has 0 heterocycles. The van der Waals surface area contributed by atoms with Gasteiger partial charge in [-0.2, -0.15) is 0 Å². The van der Waals surface area contributed by atoms with E-state index in [0.717, 1.165) is 80.9 Å². The van der Waals surface area contributed by atoms with E-state index in [-0.39, 0.29) is 0 Å². The quantitative estimate of drug-likeness (QED) is 0.0158. The van der Waals surface area contributed by atoms with Crippen LogP contribution in [0, 0.1) is 23.7 Å². The van der Waals surface area contributed by atoms with Crippen molar-refractivity contribution in [3.8, 4) is 23.7 Å². The summed E-state index contributed by atoms with van der Waals surface area (Å²) in [6, 6.07) is 14.4. The van der Waals surface area contributed by atoms with Crippen LogP contribution in [0.25, 0.3) is 11.1 Å². The molecule has 2 nitrogen and oxygen atoms in total. The molecule has 2 heteroatoms. The summed E-state index contributed by atoms with van der Waals surface area (Å²) in [5, 5.41) is 0. The fraction of sp³-hybridized carbons (Fsp3) is 0.783. The summed E-state index contributed by atoms with van der Waals surface area (Å²) in [5.41, 5.74) is 21.2. The highest BCUT2D eigenvalue weighted by atomic mass is 14.8. The first kappa shape index (κ1) is 86.5. The zero-order chi connectivity index (χ0) is 67.4. The monoisotopic (exact) mass is 1290 g/mol. The molecule has 0 bridgehead atoms. The number of rotatable bonds is 67. The van der Waals surface area contributed by atoms with Crippen molar-refractivity contribution in [3.63, 3.8) is 0 Å². The molecule has 0 amide bonds. The molecule has 0 saturated heterocycles. The van der Waals surface area contributed by atoms with Gasteiger partial charge in [0.15, 0.2) is 0 Å². The molecule has 0 unspecified atom stereocenters. The minimum atomic E-state index is 0.840. The van der Waals surface area contributed by atoms with Crippen molar-refractivity contribution in [2.75, 3.05) is 0 Å². The second-order valence-corrected chi connectivity index (χ2v) is 29.6. The Bertz CT molecular complexity index is 2150. The van der Waals surface area contributed by atoms with Crippen molar-refractivity contribution < 1.29 is 4.79 Å². The van der Waals surface area contributed by atoms with Crippen LogP contribution in [-0.4, -0.2) is 10.7 Å². The molecule has 0 aromatic heterocycles. The number of unbranched alkanes of at least 4 members (excludes halogenated alkanes) is 56. The summed E-state index contributed by atoms with van der Waals surface area (Å²) in [6.07, 6.45) is 88.6. The largest absolute Gasteiger partial charge is 0.348 e. The van der Waals surface area contributed by atoms with Gasteiger partial charge in [-0.3, -0.25) is 0 Å². The van der Waals surface area contributed by atoms with Crippen molar-refractivity contribution >= 4 is 11.4 Å². The van der Waals surface area contributed by atoms with Crippen LogP contribution in [0.4, 0.5) is 0 Å². The number of allylic oxidation sites excluding steroid dienone is 2. The van der Waals surface area contributed by atoms with E-state index in [2.05, 4.69) is 112 Å². The van der Waals surface area contributed by atoms with E-state index >= 15 is 0 Å². The maximum absolute atomic E-state index is 10.2. The average molecular weight is 1290 g/mol. The molecule has 94 heavy (non-hydrogen) atoms. The first-order valence-corrected chi connectivity index (χ1v) is 42.5. The Labute approximate surface area is 588 Å². The Morgan fingerprint density at radius 2 is 0.532 bits per heavy atom. The van der Waals surface area contributed by atoms with Crippen LogP contribution in [0.1, 0.15) is 486 Å². The van der Waals surface area contributed by atoms with E-state index < -0.39 is 0 Å². The number of nitrogens with zero attached hydrogens (tertiary/aromatic N) is 2. The number of benzene rings is 2. The summed E-state index contributed by atoms with van der Waals surface area (Å²) in [6.45, 7) is 13.8. The van der Waals surface area contributed by atoms with Gasteiger partial charge in [0.05, 0.1) is 5.57 Å². The summed E-state index contributed by atoms with van der Waals surface area (Å²) >= 11 is 0. The average Bonchev–Trinajstić information content (AvgIpc) is 0.791. The molecule has 0 spiro atoms. The van der Waals surface area contributed by atoms with E-state index in [1.807, 2.05) is 0 Å². The molecule has 0 saturated carbocycles. The normalized spacial score (nSPS) is 11.5. The SMILES string of the molecule is CCCCCCCCCCCCCCCCCCCCCCCCCCCCC#Cc1cc(C#CCCCCCCCCCCCCCCCCCCCCCCCCCCCC)cc(C(=C(CCCC)C(=C=[N+]=[N-])CCCC)c2cc(CCCC)cc(CCCC)c2)c1. The standard InChI is InChI=1S/C92H156N2/c1-7-13-19-21-23-25-27-29-31-33-35-37-39-41-43-45-47-49-51-53-55-57-59-61-63-65-67-69-73-86-78-87(74-70-68-66-64-62-60-58-56-54-52-50-48-46-44-42-40-38-36-34-32-30-28-26-24-22-20-14-8-2)82-90(81-86)92(91(76-18-12-6)88(83-94-93)75-17-11-5)89-79-84(71-15-9-3)77-85(80-89)72-16-10-4/h77-82H,7-68,71-72,75-76H2,1-6H3. The Morgan fingerprint density at radius 3 is 0.809 bits per heavy atom. The predicted octanol–water partition coefficient (Wildman–Crippen LogP) is 31.2. The van der Waals surface area contributed by atoms with Crippen LogP contribution in [0.15, 0.2) is 47.5 Å². The zero-order valence-corrected chi connectivity index (χ0v) is 64.0. The molecule has 0 aliphatic carbocycles. The summed E-state index contributed by atoms with van der Waals surface area (Å²) in [7, 11) is 0. The van der Waals surface area contributed by atoms with Gasteiger partial charge in [0.2, 0.25) is 0 Å². The van der Waals surface area contributed by atoms with Crippen molar-refractivity contribution in [2.24, 2.45) is 0 Å². The van der Waals surface area contributed by atoms with Gasteiger partial charge < -0.3 is 5.53 Å². The second-order valence-electron chi connectivity index (χ2n) is 29.6. The van der Waals surface area contributed by atoms with Gasteiger partial charge in [-0.05, 0) is 116 Å². The highest BCUT2D eigenvalue weighted by Crippen LogP contribution is 2.37. The van der Waals surface area contributed by atoms with Crippen molar-refractivity contribution in [1.82, 2.24) is 0 Å². The number of hydrogen-bond donors (Lipinski definition) is 0. The Hall–Kier alpha value is -3.54. The lowest BCUT2D eigenvalue weighted by molar-refractivity contribution is 0.00739. The molecule has 2 aromatic rings. The van der Waals surface area contributed by atoms with Crippen LogP contribution in [0.3, 0.4) is 0 Å². The van der Waals surface area contributed by atoms with Crippen LogP contribution in [0.2, 0.25) is 0 Å². The lowest BCUT2D eigenvalue weighted by Crippen LogP contribution is -2.03. The maximum atomic E-state index is 10.2. The zero-order valence-electron chi connectivity index (χ0n) is 64.0. The van der Waals surface area contributed by atoms with Crippen LogP contribution in [-0.2, 0) is 12.8 Å². The number of hydrogen-bond acceptors (Lipinski definition) is 0. The number of aryl methyl sites for hydroxylation is 2. The second kappa shape index (κ2) is 68.0. The first-order valence-electron chi connectivity index (χ1n) is 42.5. The predicted molar refractivity (Wildman–Crippen MR) is 422 cm³/mol. The summed E-state index contributed by atoms with van der Waals surface area (Å²) in [5.74, 6) is 17.9. The third-order valence-electron chi connectivity index (χ3n) is 20.4. The van der Waals surface area contributed by atoms with Gasteiger partial charge in [-0.1, -0.05) is 430 Å². The van der Waals surface area contributed by atoms with E-state index in [1.54, 1.807) is 0 Å². The molecule has 0 radical (unpaired) electrons. The lowest BCUT2D eigenvalue weighted by Gasteiger charge is -2.20. The van der Waals surface area contributed by atoms with Gasteiger partial charge in [-0.15, -0.1) is 4.79 Å². The summed E-state index contributed by atoms with van der Waals surface area (Å²) in [4.78, 5) is 3.62. The Kier molecular flexibility index (Phi) is 62.6. The highest BCUT2D eigenvalue weighted by molar-refractivity contribution is 5.88. The van der Waals surface area contributed by atoms with Crippen molar-refractivity contribution in [1.29, 1.82) is 0 Å². The lowest BCUT2D eigenvalue weighted by atomic mass is 9.83. The highest BCUT2D eigenvalue weighted by Gasteiger charge is 2.20. The van der Waals surface area contributed by atoms with Crippen LogP contribution < -0.4 is 0 Å². The van der Waals surface area contributed by atoms with E-state index in [4.69, 9.17) is 0 Å². The third kappa shape index (κ3) is 50.8. The van der Waals surface area contributed by atoms with Crippen molar-refractivity contribution in [3.05, 3.63) is 86.5 Å². The molecule has 0 N–H and O–H groups in total. The van der Waals surface area contributed by atoms with Gasteiger partial charge >= 0.3 is 5.87 Å². The smallest absolute Gasteiger partial charge is 0.303 e. The molecule has 2 rings (SSSR count). The van der Waals surface area contributed by atoms with E-state index in [9.17, 15) is 5.53 Å². The van der Waals surface area contributed by atoms with Crippen LogP contribution >= 0.6 is 0 Å². The third-order valence-corrected chi connectivity index (χ3v) is 20.4. The van der Waals surface area contributed by atoms with Gasteiger partial charge in [0, 0.05) is 24.0 Å². The fourth-order valence-electron chi connectivity index (χ4n) is 14.2.